The van der Waals surface area contributed by atoms with E-state index in [2.05, 4.69) is 29.4 Å². The van der Waals surface area contributed by atoms with Gasteiger partial charge in [-0.1, -0.05) is 36.4 Å². The Morgan fingerprint density at radius 3 is 2.74 bits per heavy atom. The molecule has 0 spiro atoms. The molecule has 158 valence electrons. The van der Waals surface area contributed by atoms with E-state index in [9.17, 15) is 9.59 Å². The van der Waals surface area contributed by atoms with Crippen LogP contribution in [-0.4, -0.2) is 48.4 Å². The number of benzene rings is 2. The largest absolute Gasteiger partial charge is 0.495 e. The molecule has 0 bridgehead atoms. The van der Waals surface area contributed by atoms with Crippen LogP contribution in [0.3, 0.4) is 0 Å². The number of anilines is 1. The van der Waals surface area contributed by atoms with Crippen LogP contribution in [0.4, 0.5) is 5.69 Å². The van der Waals surface area contributed by atoms with Crippen molar-refractivity contribution in [2.75, 3.05) is 31.6 Å². The Labute approximate surface area is 181 Å². The van der Waals surface area contributed by atoms with Crippen LogP contribution in [0.2, 0.25) is 0 Å². The van der Waals surface area contributed by atoms with Gasteiger partial charge in [-0.25, -0.2) is 0 Å². The van der Waals surface area contributed by atoms with Crippen molar-refractivity contribution in [1.29, 1.82) is 0 Å². The SMILES string of the molecule is COc1ccccc1N1C[C@@H](C(=O)N2CC=C(c3c[nH]c4ccccc34)CC2)CC1=O. The third kappa shape index (κ3) is 3.48. The molecule has 0 saturated carbocycles. The minimum absolute atomic E-state index is 0.0325. The summed E-state index contributed by atoms with van der Waals surface area (Å²) < 4.78 is 5.40. The molecular weight excluding hydrogens is 390 g/mol. The number of methoxy groups -OCH3 is 1. The monoisotopic (exact) mass is 415 g/mol. The second-order valence-electron chi connectivity index (χ2n) is 8.09. The molecule has 2 amide bonds. The zero-order valence-electron chi connectivity index (χ0n) is 17.5. The highest BCUT2D eigenvalue weighted by Crippen LogP contribution is 2.34. The Kier molecular flexibility index (Phi) is 4.98. The fourth-order valence-electron chi connectivity index (χ4n) is 4.67. The quantitative estimate of drug-likeness (QED) is 0.704. The molecule has 0 unspecified atom stereocenters. The first-order valence-electron chi connectivity index (χ1n) is 10.6. The maximum Gasteiger partial charge on any atom is 0.228 e. The van der Waals surface area contributed by atoms with Gasteiger partial charge in [0.25, 0.3) is 0 Å². The second kappa shape index (κ2) is 7.95. The molecule has 31 heavy (non-hydrogen) atoms. The lowest BCUT2D eigenvalue weighted by Crippen LogP contribution is -2.39. The van der Waals surface area contributed by atoms with E-state index in [4.69, 9.17) is 4.74 Å². The number of carbonyl (C=O) groups is 2. The molecule has 2 aromatic carbocycles. The fourth-order valence-corrected chi connectivity index (χ4v) is 4.67. The highest BCUT2D eigenvalue weighted by atomic mass is 16.5. The zero-order chi connectivity index (χ0) is 21.4. The van der Waals surface area contributed by atoms with Crippen molar-refractivity contribution in [3.8, 4) is 5.75 Å². The number of hydrogen-bond acceptors (Lipinski definition) is 3. The molecule has 1 saturated heterocycles. The number of rotatable bonds is 4. The molecule has 6 heteroatoms. The molecular formula is C25H25N3O3. The van der Waals surface area contributed by atoms with Gasteiger partial charge in [-0.15, -0.1) is 0 Å². The van der Waals surface area contributed by atoms with Gasteiger partial charge in [-0.05, 0) is 30.2 Å². The first kappa shape index (κ1) is 19.4. The second-order valence-corrected chi connectivity index (χ2v) is 8.09. The number of ether oxygens (including phenoxy) is 1. The molecule has 1 atom stereocenters. The average Bonchev–Trinajstić information content (AvgIpc) is 3.42. The van der Waals surface area contributed by atoms with E-state index in [-0.39, 0.29) is 24.2 Å². The maximum atomic E-state index is 13.2. The summed E-state index contributed by atoms with van der Waals surface area (Å²) in [4.78, 5) is 32.7. The summed E-state index contributed by atoms with van der Waals surface area (Å²) in [6, 6.07) is 15.7. The number of para-hydroxylation sites is 3. The zero-order valence-corrected chi connectivity index (χ0v) is 17.5. The van der Waals surface area contributed by atoms with E-state index in [0.717, 1.165) is 17.6 Å². The first-order chi connectivity index (χ1) is 15.2. The third-order valence-corrected chi connectivity index (χ3v) is 6.31. The number of aromatic amines is 1. The Morgan fingerprint density at radius 1 is 1.13 bits per heavy atom. The number of H-pyrrole nitrogens is 1. The van der Waals surface area contributed by atoms with Gasteiger partial charge >= 0.3 is 0 Å². The number of carbonyl (C=O) groups excluding carboxylic acids is 2. The van der Waals surface area contributed by atoms with Crippen LogP contribution in [-0.2, 0) is 9.59 Å². The van der Waals surface area contributed by atoms with Crippen molar-refractivity contribution in [1.82, 2.24) is 9.88 Å². The first-order valence-corrected chi connectivity index (χ1v) is 10.6. The van der Waals surface area contributed by atoms with Gasteiger partial charge in [0.15, 0.2) is 0 Å². The number of nitrogens with one attached hydrogen (secondary N) is 1. The molecule has 0 aliphatic carbocycles. The summed E-state index contributed by atoms with van der Waals surface area (Å²) >= 11 is 0. The van der Waals surface area contributed by atoms with Gasteiger partial charge in [-0.3, -0.25) is 9.59 Å². The van der Waals surface area contributed by atoms with Crippen LogP contribution >= 0.6 is 0 Å². The van der Waals surface area contributed by atoms with Crippen molar-refractivity contribution in [2.24, 2.45) is 5.92 Å². The van der Waals surface area contributed by atoms with E-state index in [1.807, 2.05) is 41.3 Å². The Morgan fingerprint density at radius 2 is 1.94 bits per heavy atom. The van der Waals surface area contributed by atoms with Gasteiger partial charge in [0.1, 0.15) is 5.75 Å². The molecule has 3 heterocycles. The van der Waals surface area contributed by atoms with Gasteiger partial charge in [0.2, 0.25) is 11.8 Å². The van der Waals surface area contributed by atoms with Crippen LogP contribution in [0.15, 0.2) is 60.8 Å². The van der Waals surface area contributed by atoms with Crippen molar-refractivity contribution in [3.63, 3.8) is 0 Å². The summed E-state index contributed by atoms with van der Waals surface area (Å²) in [5.74, 6) is 0.350. The van der Waals surface area contributed by atoms with Crippen molar-refractivity contribution in [2.45, 2.75) is 12.8 Å². The highest BCUT2D eigenvalue weighted by molar-refractivity contribution is 6.01. The number of aromatic nitrogens is 1. The maximum absolute atomic E-state index is 13.2. The predicted molar refractivity (Wildman–Crippen MR) is 121 cm³/mol. The lowest BCUT2D eigenvalue weighted by atomic mass is 9.97. The minimum Gasteiger partial charge on any atom is -0.495 e. The summed E-state index contributed by atoms with van der Waals surface area (Å²) in [5, 5.41) is 1.21. The molecule has 6 nitrogen and oxygen atoms in total. The molecule has 3 aromatic rings. The van der Waals surface area contributed by atoms with E-state index in [1.54, 1.807) is 12.0 Å². The van der Waals surface area contributed by atoms with Crippen LogP contribution in [0, 0.1) is 5.92 Å². The molecule has 1 fully saturated rings. The number of nitrogens with zero attached hydrogens (tertiary/aromatic N) is 2. The predicted octanol–water partition coefficient (Wildman–Crippen LogP) is 3.85. The topological polar surface area (TPSA) is 65.6 Å². The smallest absolute Gasteiger partial charge is 0.228 e. The van der Waals surface area contributed by atoms with Crippen molar-refractivity contribution < 1.29 is 14.3 Å². The lowest BCUT2D eigenvalue weighted by molar-refractivity contribution is -0.135. The van der Waals surface area contributed by atoms with E-state index < -0.39 is 0 Å². The molecule has 2 aliphatic rings. The molecule has 5 rings (SSSR count). The number of amides is 2. The van der Waals surface area contributed by atoms with Gasteiger partial charge in [0, 0.05) is 48.7 Å². The van der Waals surface area contributed by atoms with Crippen molar-refractivity contribution in [3.05, 3.63) is 66.4 Å². The summed E-state index contributed by atoms with van der Waals surface area (Å²) in [6.45, 7) is 1.64. The Hall–Kier alpha value is -3.54. The van der Waals surface area contributed by atoms with E-state index in [0.29, 0.717) is 25.4 Å². The Balaban J connectivity index is 1.29. The fraction of sp³-hybridized carbons (Fsp3) is 0.280. The van der Waals surface area contributed by atoms with Gasteiger partial charge in [-0.2, -0.15) is 0 Å². The highest BCUT2D eigenvalue weighted by Gasteiger charge is 2.38. The summed E-state index contributed by atoms with van der Waals surface area (Å²) in [7, 11) is 1.59. The average molecular weight is 415 g/mol. The van der Waals surface area contributed by atoms with Crippen LogP contribution < -0.4 is 9.64 Å². The van der Waals surface area contributed by atoms with Crippen LogP contribution in [0.5, 0.6) is 5.75 Å². The molecule has 0 radical (unpaired) electrons. The summed E-state index contributed by atoms with van der Waals surface area (Å²) in [6.07, 6.45) is 5.25. The molecule has 1 aromatic heterocycles. The standard InChI is InChI=1S/C25H25N3O3/c1-31-23-9-5-4-8-22(23)28-16-18(14-24(28)29)25(30)27-12-10-17(11-13-27)20-15-26-21-7-3-2-6-19(20)21/h2-10,15,18,26H,11-14,16H2,1H3/t18-/m0/s1. The molecule has 2 aliphatic heterocycles. The lowest BCUT2D eigenvalue weighted by Gasteiger charge is -2.29. The van der Waals surface area contributed by atoms with Crippen molar-refractivity contribution >= 4 is 34.0 Å². The van der Waals surface area contributed by atoms with Crippen LogP contribution in [0.25, 0.3) is 16.5 Å². The summed E-state index contributed by atoms with van der Waals surface area (Å²) in [5.41, 5.74) is 4.32. The van der Waals surface area contributed by atoms with Gasteiger partial charge in [0.05, 0.1) is 18.7 Å². The van der Waals surface area contributed by atoms with Crippen LogP contribution in [0.1, 0.15) is 18.4 Å². The number of hydrogen-bond donors (Lipinski definition) is 1. The van der Waals surface area contributed by atoms with E-state index >= 15 is 0 Å². The Bertz CT molecular complexity index is 1180. The van der Waals surface area contributed by atoms with Gasteiger partial charge < -0.3 is 19.5 Å². The third-order valence-electron chi connectivity index (χ3n) is 6.31. The normalized spacial score (nSPS) is 19.1. The number of fused-ring (bicyclic) bond motifs is 1. The molecule has 1 N–H and O–H groups in total. The van der Waals surface area contributed by atoms with E-state index in [1.165, 1.54) is 16.5 Å². The minimum atomic E-state index is -0.319.